The predicted molar refractivity (Wildman–Crippen MR) is 87.3 cm³/mol. The molecule has 0 bridgehead atoms. The molecule has 0 atom stereocenters. The van der Waals surface area contributed by atoms with Crippen LogP contribution in [0.15, 0.2) is 9.59 Å². The average Bonchev–Trinajstić information content (AvgIpc) is 2.56. The fourth-order valence-electron chi connectivity index (χ4n) is 3.49. The van der Waals surface area contributed by atoms with Gasteiger partial charge < -0.3 is 9.88 Å². The Morgan fingerprint density at radius 1 is 1.21 bits per heavy atom. The minimum atomic E-state index is -0.517. The third-order valence-electron chi connectivity index (χ3n) is 4.81. The summed E-state index contributed by atoms with van der Waals surface area (Å²) < 4.78 is 0. The lowest BCUT2D eigenvalue weighted by Gasteiger charge is -2.33. The Morgan fingerprint density at radius 3 is 2.67 bits per heavy atom. The molecule has 3 heterocycles. The molecule has 2 aliphatic rings. The van der Waals surface area contributed by atoms with Gasteiger partial charge in [-0.2, -0.15) is 5.06 Å². The lowest BCUT2D eigenvalue weighted by molar-refractivity contribution is -0.171. The average molecular weight is 336 g/mol. The topological polar surface area (TPSA) is 98.5 Å². The molecule has 0 radical (unpaired) electrons. The number of H-pyrrole nitrogens is 2. The molecule has 132 valence electrons. The summed E-state index contributed by atoms with van der Waals surface area (Å²) in [5.41, 5.74) is 0.290. The van der Waals surface area contributed by atoms with Crippen LogP contribution in [0.2, 0.25) is 0 Å². The maximum absolute atomic E-state index is 12.6. The largest absolute Gasteiger partial charge is 0.337 e. The molecule has 0 saturated carbocycles. The van der Waals surface area contributed by atoms with Gasteiger partial charge in [0.15, 0.2) is 0 Å². The van der Waals surface area contributed by atoms with Gasteiger partial charge in [0.25, 0.3) is 5.56 Å². The second-order valence-corrected chi connectivity index (χ2v) is 6.42. The van der Waals surface area contributed by atoms with Crippen LogP contribution in [0.5, 0.6) is 0 Å². The first kappa shape index (κ1) is 16.9. The molecule has 0 aliphatic carbocycles. The van der Waals surface area contributed by atoms with Crippen LogP contribution >= 0.6 is 0 Å². The van der Waals surface area contributed by atoms with E-state index in [1.54, 1.807) is 4.90 Å². The van der Waals surface area contributed by atoms with Crippen molar-refractivity contribution in [3.8, 4) is 0 Å². The van der Waals surface area contributed by atoms with Crippen LogP contribution < -0.4 is 11.2 Å². The lowest BCUT2D eigenvalue weighted by atomic mass is 9.93. The summed E-state index contributed by atoms with van der Waals surface area (Å²) in [6.45, 7) is 5.20. The number of nitrogens with one attached hydrogen (secondary N) is 2. The first-order chi connectivity index (χ1) is 11.6. The number of aromatic nitrogens is 2. The van der Waals surface area contributed by atoms with E-state index in [1.807, 2.05) is 12.0 Å². The van der Waals surface area contributed by atoms with Crippen LogP contribution in [0.4, 0.5) is 0 Å². The van der Waals surface area contributed by atoms with Crippen molar-refractivity contribution in [2.45, 2.75) is 39.2 Å². The zero-order valence-corrected chi connectivity index (χ0v) is 14.0. The molecule has 1 amide bonds. The molecule has 0 aromatic carbocycles. The van der Waals surface area contributed by atoms with Gasteiger partial charge in [-0.3, -0.25) is 19.4 Å². The number of piperidine rings is 1. The third-order valence-corrected chi connectivity index (χ3v) is 4.81. The Hall–Kier alpha value is -1.93. The molecule has 24 heavy (non-hydrogen) atoms. The Bertz CT molecular complexity index is 703. The Labute approximate surface area is 139 Å². The van der Waals surface area contributed by atoms with Gasteiger partial charge in [-0.15, -0.1) is 0 Å². The number of rotatable bonds is 4. The van der Waals surface area contributed by atoms with E-state index in [2.05, 4.69) is 9.97 Å². The Kier molecular flexibility index (Phi) is 5.15. The molecule has 0 unspecified atom stereocenters. The van der Waals surface area contributed by atoms with Crippen molar-refractivity contribution in [2.24, 2.45) is 5.92 Å². The minimum absolute atomic E-state index is 0.0941. The molecule has 8 nitrogen and oxygen atoms in total. The Morgan fingerprint density at radius 2 is 1.96 bits per heavy atom. The van der Waals surface area contributed by atoms with Crippen molar-refractivity contribution in [1.29, 1.82) is 0 Å². The van der Waals surface area contributed by atoms with Gasteiger partial charge in [0.1, 0.15) is 0 Å². The monoisotopic (exact) mass is 336 g/mol. The number of carbonyl (C=O) groups excluding carboxylic acids is 1. The van der Waals surface area contributed by atoms with Gasteiger partial charge in [-0.25, -0.2) is 4.79 Å². The SMILES string of the molecule is CCON1CCC(CC(=O)N2CCc3c([nH]c(=O)[nH]c3=O)C2)CC1. The normalized spacial score (nSPS) is 19.3. The molecule has 8 heteroatoms. The lowest BCUT2D eigenvalue weighted by Crippen LogP contribution is -2.42. The number of hydrogen-bond acceptors (Lipinski definition) is 5. The van der Waals surface area contributed by atoms with Crippen LogP contribution in [0.25, 0.3) is 0 Å². The highest BCUT2D eigenvalue weighted by molar-refractivity contribution is 5.76. The van der Waals surface area contributed by atoms with Crippen molar-refractivity contribution in [3.05, 3.63) is 32.1 Å². The first-order valence-electron chi connectivity index (χ1n) is 8.56. The number of hydrogen-bond donors (Lipinski definition) is 2. The van der Waals surface area contributed by atoms with E-state index in [4.69, 9.17) is 4.84 Å². The van der Waals surface area contributed by atoms with E-state index >= 15 is 0 Å². The third kappa shape index (κ3) is 3.76. The summed E-state index contributed by atoms with van der Waals surface area (Å²) in [7, 11) is 0. The zero-order chi connectivity index (χ0) is 17.1. The maximum Gasteiger partial charge on any atom is 0.325 e. The van der Waals surface area contributed by atoms with Crippen LogP contribution in [0, 0.1) is 5.92 Å². The standard InChI is InChI=1S/C16H24N4O4/c1-2-24-20-7-3-11(4-8-20)9-14(21)19-6-5-12-13(10-19)17-16(23)18-15(12)22/h11H,2-10H2,1H3,(H2,17,18,22,23). The molecule has 2 N–H and O–H groups in total. The van der Waals surface area contributed by atoms with E-state index in [1.165, 1.54) is 0 Å². The van der Waals surface area contributed by atoms with Crippen molar-refractivity contribution in [2.75, 3.05) is 26.2 Å². The van der Waals surface area contributed by atoms with Gasteiger partial charge in [0, 0.05) is 37.3 Å². The number of amides is 1. The quantitative estimate of drug-likeness (QED) is 0.806. The van der Waals surface area contributed by atoms with Crippen molar-refractivity contribution in [1.82, 2.24) is 19.9 Å². The van der Waals surface area contributed by atoms with E-state index in [-0.39, 0.29) is 11.5 Å². The molecule has 3 rings (SSSR count). The highest BCUT2D eigenvalue weighted by Crippen LogP contribution is 2.23. The second kappa shape index (κ2) is 7.31. The summed E-state index contributed by atoms with van der Waals surface area (Å²) in [6, 6.07) is 0. The van der Waals surface area contributed by atoms with Gasteiger partial charge in [-0.05, 0) is 32.1 Å². The number of fused-ring (bicyclic) bond motifs is 1. The maximum atomic E-state index is 12.6. The number of aromatic amines is 2. The van der Waals surface area contributed by atoms with Gasteiger partial charge in [0.2, 0.25) is 5.91 Å². The number of carbonyl (C=O) groups is 1. The smallest absolute Gasteiger partial charge is 0.325 e. The number of nitrogens with zero attached hydrogens (tertiary/aromatic N) is 2. The van der Waals surface area contributed by atoms with E-state index in [9.17, 15) is 14.4 Å². The molecule has 2 aliphatic heterocycles. The fourth-order valence-corrected chi connectivity index (χ4v) is 3.49. The highest BCUT2D eigenvalue weighted by Gasteiger charge is 2.27. The molecular weight excluding hydrogens is 312 g/mol. The van der Waals surface area contributed by atoms with Gasteiger partial charge in [0.05, 0.1) is 13.2 Å². The minimum Gasteiger partial charge on any atom is -0.337 e. The van der Waals surface area contributed by atoms with Crippen LogP contribution in [0.3, 0.4) is 0 Å². The van der Waals surface area contributed by atoms with Crippen LogP contribution in [0.1, 0.15) is 37.4 Å². The van der Waals surface area contributed by atoms with Gasteiger partial charge in [-0.1, -0.05) is 0 Å². The molecule has 0 spiro atoms. The van der Waals surface area contributed by atoms with Crippen molar-refractivity contribution in [3.63, 3.8) is 0 Å². The Balaban J connectivity index is 1.57. The summed E-state index contributed by atoms with van der Waals surface area (Å²) in [6.07, 6.45) is 2.90. The summed E-state index contributed by atoms with van der Waals surface area (Å²) in [5.74, 6) is 0.463. The van der Waals surface area contributed by atoms with E-state index in [0.29, 0.717) is 49.7 Å². The zero-order valence-electron chi connectivity index (χ0n) is 14.0. The first-order valence-corrected chi connectivity index (χ1v) is 8.56. The molecule has 1 aromatic heterocycles. The molecular formula is C16H24N4O4. The van der Waals surface area contributed by atoms with E-state index in [0.717, 1.165) is 25.9 Å². The number of hydroxylamine groups is 2. The van der Waals surface area contributed by atoms with Crippen molar-refractivity contribution < 1.29 is 9.63 Å². The highest BCUT2D eigenvalue weighted by atomic mass is 16.7. The fraction of sp³-hybridized carbons (Fsp3) is 0.688. The van der Waals surface area contributed by atoms with Crippen molar-refractivity contribution >= 4 is 5.91 Å². The molecule has 1 fully saturated rings. The predicted octanol–water partition coefficient (Wildman–Crippen LogP) is 0.00150. The summed E-state index contributed by atoms with van der Waals surface area (Å²) in [5, 5.41) is 1.97. The molecule has 1 saturated heterocycles. The summed E-state index contributed by atoms with van der Waals surface area (Å²) in [4.78, 5) is 47.8. The second-order valence-electron chi connectivity index (χ2n) is 6.42. The van der Waals surface area contributed by atoms with E-state index < -0.39 is 5.69 Å². The molecule has 1 aromatic rings. The summed E-state index contributed by atoms with van der Waals surface area (Å²) >= 11 is 0. The van der Waals surface area contributed by atoms with Crippen LogP contribution in [-0.2, 0) is 22.6 Å². The van der Waals surface area contributed by atoms with Crippen LogP contribution in [-0.4, -0.2) is 52.1 Å². The van der Waals surface area contributed by atoms with Gasteiger partial charge >= 0.3 is 5.69 Å².